The van der Waals surface area contributed by atoms with E-state index in [1.54, 1.807) is 0 Å². The molecule has 7 nitrogen and oxygen atoms in total. The van der Waals surface area contributed by atoms with Crippen molar-refractivity contribution in [3.8, 4) is 0 Å². The number of benzene rings is 1. The van der Waals surface area contributed by atoms with Crippen molar-refractivity contribution in [3.63, 3.8) is 0 Å². The van der Waals surface area contributed by atoms with E-state index in [2.05, 4.69) is 4.74 Å². The molecule has 0 saturated heterocycles. The van der Waals surface area contributed by atoms with Crippen LogP contribution in [0.25, 0.3) is 0 Å². The van der Waals surface area contributed by atoms with Gasteiger partial charge in [-0.25, -0.2) is 4.79 Å². The van der Waals surface area contributed by atoms with Gasteiger partial charge in [-0.2, -0.15) is 8.42 Å². The van der Waals surface area contributed by atoms with Crippen molar-refractivity contribution in [2.75, 3.05) is 7.11 Å². The summed E-state index contributed by atoms with van der Waals surface area (Å²) in [6.07, 6.45) is 0. The molecule has 0 aromatic heterocycles. The molecule has 9 heteroatoms. The standard InChI is InChI=1S/C8H6FNO6S/c1-16-8(11)5-3-2-4-6(17(9,14)15)7(5)10(12)13/h2-4H,1H3. The molecule has 0 radical (unpaired) electrons. The van der Waals surface area contributed by atoms with Crippen molar-refractivity contribution in [2.45, 2.75) is 4.90 Å². The van der Waals surface area contributed by atoms with Crippen LogP contribution in [0.1, 0.15) is 10.4 Å². The molecule has 0 unspecified atom stereocenters. The van der Waals surface area contributed by atoms with E-state index in [1.165, 1.54) is 0 Å². The Morgan fingerprint density at radius 1 is 1.47 bits per heavy atom. The lowest BCUT2D eigenvalue weighted by atomic mass is 10.2. The minimum Gasteiger partial charge on any atom is -0.465 e. The topological polar surface area (TPSA) is 104 Å². The predicted molar refractivity (Wildman–Crippen MR) is 52.7 cm³/mol. The van der Waals surface area contributed by atoms with Gasteiger partial charge in [-0.3, -0.25) is 10.1 Å². The Kier molecular flexibility index (Phi) is 3.42. The Hall–Kier alpha value is -2.03. The lowest BCUT2D eigenvalue weighted by molar-refractivity contribution is -0.388. The summed E-state index contributed by atoms with van der Waals surface area (Å²) in [5.41, 5.74) is -1.77. The first-order chi connectivity index (χ1) is 7.79. The number of ether oxygens (including phenoxy) is 1. The predicted octanol–water partition coefficient (Wildman–Crippen LogP) is 1.04. The van der Waals surface area contributed by atoms with Crippen molar-refractivity contribution in [1.29, 1.82) is 0 Å². The molecule has 0 atom stereocenters. The molecule has 0 saturated carbocycles. The van der Waals surface area contributed by atoms with Gasteiger partial charge in [0.1, 0.15) is 5.56 Å². The second-order valence-corrected chi connectivity index (χ2v) is 4.15. The molecule has 0 heterocycles. The maximum Gasteiger partial charge on any atom is 0.344 e. The zero-order chi connectivity index (χ0) is 13.2. The molecule has 0 bridgehead atoms. The molecular weight excluding hydrogens is 257 g/mol. The monoisotopic (exact) mass is 263 g/mol. The summed E-state index contributed by atoms with van der Waals surface area (Å²) in [6, 6.07) is 2.67. The molecular formula is C8H6FNO6S. The van der Waals surface area contributed by atoms with Gasteiger partial charge in [-0.1, -0.05) is 6.07 Å². The maximum absolute atomic E-state index is 12.8. The largest absolute Gasteiger partial charge is 0.465 e. The Morgan fingerprint density at radius 3 is 2.47 bits per heavy atom. The number of esters is 1. The van der Waals surface area contributed by atoms with E-state index in [0.29, 0.717) is 6.07 Å². The summed E-state index contributed by atoms with van der Waals surface area (Å²) in [5.74, 6) is -1.12. The summed E-state index contributed by atoms with van der Waals surface area (Å²) >= 11 is 0. The van der Waals surface area contributed by atoms with Gasteiger partial charge in [0.15, 0.2) is 4.90 Å². The normalized spacial score (nSPS) is 10.9. The van der Waals surface area contributed by atoms with Crippen LogP contribution in [-0.2, 0) is 15.0 Å². The van der Waals surface area contributed by atoms with Crippen LogP contribution in [0.15, 0.2) is 23.1 Å². The van der Waals surface area contributed by atoms with Gasteiger partial charge in [-0.15, -0.1) is 3.89 Å². The molecule has 0 aliphatic rings. The number of hydrogen-bond acceptors (Lipinski definition) is 6. The van der Waals surface area contributed by atoms with Crippen LogP contribution in [-0.4, -0.2) is 26.4 Å². The van der Waals surface area contributed by atoms with E-state index < -0.39 is 37.3 Å². The average molecular weight is 263 g/mol. The van der Waals surface area contributed by atoms with Gasteiger partial charge in [0.2, 0.25) is 0 Å². The van der Waals surface area contributed by atoms with Gasteiger partial charge in [0.25, 0.3) is 0 Å². The fourth-order valence-corrected chi connectivity index (χ4v) is 1.84. The van der Waals surface area contributed by atoms with Crippen molar-refractivity contribution in [2.24, 2.45) is 0 Å². The lowest BCUT2D eigenvalue weighted by Crippen LogP contribution is -2.09. The number of nitro benzene ring substituents is 1. The second kappa shape index (κ2) is 4.45. The number of halogens is 1. The Bertz CT molecular complexity index is 582. The van der Waals surface area contributed by atoms with Crippen LogP contribution < -0.4 is 0 Å². The van der Waals surface area contributed by atoms with Gasteiger partial charge in [0.05, 0.1) is 12.0 Å². The van der Waals surface area contributed by atoms with Crippen LogP contribution in [0.3, 0.4) is 0 Å². The molecule has 0 fully saturated rings. The maximum atomic E-state index is 12.8. The van der Waals surface area contributed by atoms with Crippen LogP contribution >= 0.6 is 0 Å². The fourth-order valence-electron chi connectivity index (χ4n) is 1.18. The molecule has 17 heavy (non-hydrogen) atoms. The highest BCUT2D eigenvalue weighted by molar-refractivity contribution is 7.86. The quantitative estimate of drug-likeness (QED) is 0.349. The number of nitro groups is 1. The van der Waals surface area contributed by atoms with Gasteiger partial charge >= 0.3 is 21.9 Å². The third-order valence-electron chi connectivity index (χ3n) is 1.85. The van der Waals surface area contributed by atoms with Crippen LogP contribution in [0.4, 0.5) is 9.57 Å². The minimum absolute atomic E-state index is 0.628. The number of para-hydroxylation sites is 1. The van der Waals surface area contributed by atoms with E-state index in [4.69, 9.17) is 0 Å². The number of carbonyl (C=O) groups excluding carboxylic acids is 1. The Balaban J connectivity index is 3.66. The first-order valence-corrected chi connectivity index (χ1v) is 5.47. The van der Waals surface area contributed by atoms with Crippen LogP contribution in [0, 0.1) is 10.1 Å². The van der Waals surface area contributed by atoms with Crippen LogP contribution in [0.5, 0.6) is 0 Å². The van der Waals surface area contributed by atoms with Crippen LogP contribution in [0.2, 0.25) is 0 Å². The average Bonchev–Trinajstić information content (AvgIpc) is 2.25. The number of hydrogen-bond donors (Lipinski definition) is 0. The highest BCUT2D eigenvalue weighted by Gasteiger charge is 2.31. The Labute approximate surface area is 95.2 Å². The first kappa shape index (κ1) is 13.0. The molecule has 1 aromatic rings. The highest BCUT2D eigenvalue weighted by Crippen LogP contribution is 2.29. The Morgan fingerprint density at radius 2 is 2.06 bits per heavy atom. The molecule has 1 aromatic carbocycles. The molecule has 0 aliphatic heterocycles. The van der Waals surface area contributed by atoms with E-state index in [1.807, 2.05) is 0 Å². The van der Waals surface area contributed by atoms with E-state index in [-0.39, 0.29) is 0 Å². The first-order valence-electron chi connectivity index (χ1n) is 4.09. The smallest absolute Gasteiger partial charge is 0.344 e. The van der Waals surface area contributed by atoms with Crippen molar-refractivity contribution < 1.29 is 26.8 Å². The SMILES string of the molecule is COC(=O)c1cccc(S(=O)(=O)F)c1[N+](=O)[O-]. The second-order valence-electron chi connectivity index (χ2n) is 2.84. The summed E-state index contributed by atoms with van der Waals surface area (Å²) in [6.45, 7) is 0. The van der Waals surface area contributed by atoms with E-state index in [9.17, 15) is 27.2 Å². The van der Waals surface area contributed by atoms with Crippen molar-refractivity contribution >= 4 is 21.9 Å². The van der Waals surface area contributed by atoms with Gasteiger partial charge in [-0.05, 0) is 12.1 Å². The molecule has 0 aliphatic carbocycles. The third kappa shape index (κ3) is 2.56. The molecule has 1 rings (SSSR count). The number of carbonyl (C=O) groups is 1. The zero-order valence-corrected chi connectivity index (χ0v) is 9.23. The molecule has 0 N–H and O–H groups in total. The summed E-state index contributed by atoms with van der Waals surface area (Å²) < 4.78 is 38.4. The molecule has 92 valence electrons. The number of methoxy groups -OCH3 is 1. The third-order valence-corrected chi connectivity index (χ3v) is 2.70. The summed E-state index contributed by atoms with van der Waals surface area (Å²) in [4.78, 5) is 19.5. The summed E-state index contributed by atoms with van der Waals surface area (Å²) in [7, 11) is -4.33. The molecule has 0 amide bonds. The summed E-state index contributed by atoms with van der Waals surface area (Å²) in [5, 5.41) is 10.7. The van der Waals surface area contributed by atoms with Crippen molar-refractivity contribution in [1.82, 2.24) is 0 Å². The number of rotatable bonds is 3. The molecule has 0 spiro atoms. The number of nitrogens with zero attached hydrogens (tertiary/aromatic N) is 1. The zero-order valence-electron chi connectivity index (χ0n) is 8.41. The lowest BCUT2D eigenvalue weighted by Gasteiger charge is -2.03. The minimum atomic E-state index is -5.29. The van der Waals surface area contributed by atoms with Gasteiger partial charge < -0.3 is 4.74 Å². The van der Waals surface area contributed by atoms with E-state index in [0.717, 1.165) is 19.2 Å². The van der Waals surface area contributed by atoms with Crippen molar-refractivity contribution in [3.05, 3.63) is 33.9 Å². The highest BCUT2D eigenvalue weighted by atomic mass is 32.3. The van der Waals surface area contributed by atoms with Gasteiger partial charge in [0, 0.05) is 0 Å². The van der Waals surface area contributed by atoms with E-state index >= 15 is 0 Å². The fraction of sp³-hybridized carbons (Fsp3) is 0.125.